The van der Waals surface area contributed by atoms with Gasteiger partial charge in [-0.1, -0.05) is 12.1 Å². The molecule has 2 saturated heterocycles. The van der Waals surface area contributed by atoms with Crippen molar-refractivity contribution < 1.29 is 13.9 Å². The number of anilines is 1. The van der Waals surface area contributed by atoms with Crippen LogP contribution >= 0.6 is 0 Å². The summed E-state index contributed by atoms with van der Waals surface area (Å²) in [7, 11) is 0. The van der Waals surface area contributed by atoms with Gasteiger partial charge in [-0.25, -0.2) is 9.37 Å². The van der Waals surface area contributed by atoms with Crippen LogP contribution in [0.1, 0.15) is 25.5 Å². The standard InChI is InChI=1S/C18H21FN2O2/c1-12-10-16(14-4-3-5-15(19)17(14)20-12)21-8-6-18(7-9-21)22-11-13(2)23-18/h3-5,10,13H,6-9,11H2,1-2H3. The Hall–Kier alpha value is -1.72. The van der Waals surface area contributed by atoms with Crippen LogP contribution in [0.5, 0.6) is 0 Å². The number of nitrogens with zero attached hydrogens (tertiary/aromatic N) is 2. The summed E-state index contributed by atoms with van der Waals surface area (Å²) < 4.78 is 25.9. The van der Waals surface area contributed by atoms with Gasteiger partial charge in [0.05, 0.1) is 12.7 Å². The summed E-state index contributed by atoms with van der Waals surface area (Å²) in [6, 6.07) is 7.19. The second kappa shape index (κ2) is 5.42. The van der Waals surface area contributed by atoms with E-state index < -0.39 is 5.79 Å². The molecule has 1 aromatic carbocycles. The van der Waals surface area contributed by atoms with Gasteiger partial charge >= 0.3 is 0 Å². The monoisotopic (exact) mass is 316 g/mol. The number of fused-ring (bicyclic) bond motifs is 1. The molecule has 3 heterocycles. The number of para-hydroxylation sites is 1. The molecule has 0 N–H and O–H groups in total. The van der Waals surface area contributed by atoms with Crippen molar-refractivity contribution in [3.63, 3.8) is 0 Å². The number of aromatic nitrogens is 1. The van der Waals surface area contributed by atoms with E-state index in [2.05, 4.69) is 9.88 Å². The molecule has 4 nitrogen and oxygen atoms in total. The van der Waals surface area contributed by atoms with Gasteiger partial charge in [-0.05, 0) is 26.0 Å². The topological polar surface area (TPSA) is 34.6 Å². The minimum absolute atomic E-state index is 0.166. The summed E-state index contributed by atoms with van der Waals surface area (Å²) in [5.41, 5.74) is 2.33. The Balaban J connectivity index is 1.65. The number of aryl methyl sites for hydroxylation is 1. The highest BCUT2D eigenvalue weighted by Gasteiger charge is 2.42. The molecule has 0 bridgehead atoms. The van der Waals surface area contributed by atoms with Crippen molar-refractivity contribution in [2.75, 3.05) is 24.6 Å². The first kappa shape index (κ1) is 14.8. The first-order valence-corrected chi connectivity index (χ1v) is 8.19. The zero-order valence-electron chi connectivity index (χ0n) is 13.5. The summed E-state index contributed by atoms with van der Waals surface area (Å²) in [5.74, 6) is -0.684. The molecule has 2 aliphatic rings. The van der Waals surface area contributed by atoms with Crippen molar-refractivity contribution in [3.8, 4) is 0 Å². The molecule has 4 rings (SSSR count). The van der Waals surface area contributed by atoms with E-state index in [1.165, 1.54) is 6.07 Å². The number of hydrogen-bond donors (Lipinski definition) is 0. The summed E-state index contributed by atoms with van der Waals surface area (Å²) in [4.78, 5) is 6.65. The molecule has 2 aliphatic heterocycles. The van der Waals surface area contributed by atoms with Gasteiger partial charge in [0, 0.05) is 42.7 Å². The lowest BCUT2D eigenvalue weighted by Crippen LogP contribution is -2.45. The minimum Gasteiger partial charge on any atom is -0.371 e. The first-order chi connectivity index (χ1) is 11.1. The largest absolute Gasteiger partial charge is 0.371 e. The molecule has 1 spiro atoms. The zero-order valence-corrected chi connectivity index (χ0v) is 13.5. The van der Waals surface area contributed by atoms with Crippen molar-refractivity contribution in [1.82, 2.24) is 4.98 Å². The van der Waals surface area contributed by atoms with Gasteiger partial charge in [-0.3, -0.25) is 0 Å². The maximum absolute atomic E-state index is 14.1. The van der Waals surface area contributed by atoms with Crippen LogP contribution in [-0.4, -0.2) is 36.6 Å². The fourth-order valence-corrected chi connectivity index (χ4v) is 3.64. The molecular weight excluding hydrogens is 295 g/mol. The lowest BCUT2D eigenvalue weighted by molar-refractivity contribution is -0.178. The summed E-state index contributed by atoms with van der Waals surface area (Å²) in [6.45, 7) is 6.29. The number of rotatable bonds is 1. The summed E-state index contributed by atoms with van der Waals surface area (Å²) in [6.07, 6.45) is 1.82. The number of pyridine rings is 1. The molecule has 0 amide bonds. The maximum atomic E-state index is 14.1. The molecule has 122 valence electrons. The predicted octanol–water partition coefficient (Wildman–Crippen LogP) is 3.41. The van der Waals surface area contributed by atoms with Crippen molar-refractivity contribution >= 4 is 16.6 Å². The van der Waals surface area contributed by atoms with Crippen molar-refractivity contribution in [2.45, 2.75) is 38.6 Å². The third kappa shape index (κ3) is 2.58. The fourth-order valence-electron chi connectivity index (χ4n) is 3.64. The highest BCUT2D eigenvalue weighted by atomic mass is 19.1. The SMILES string of the molecule is Cc1cc(N2CCC3(CC2)OCC(C)O3)c2cccc(F)c2n1. The molecule has 0 radical (unpaired) electrons. The Morgan fingerprint density at radius 2 is 2.09 bits per heavy atom. The first-order valence-electron chi connectivity index (χ1n) is 8.19. The van der Waals surface area contributed by atoms with Crippen molar-refractivity contribution in [3.05, 3.63) is 35.8 Å². The summed E-state index contributed by atoms with van der Waals surface area (Å²) in [5, 5.41) is 0.869. The van der Waals surface area contributed by atoms with E-state index in [-0.39, 0.29) is 11.9 Å². The normalized spacial score (nSPS) is 23.8. The highest BCUT2D eigenvalue weighted by Crippen LogP contribution is 2.37. The van der Waals surface area contributed by atoms with Crippen LogP contribution in [0, 0.1) is 12.7 Å². The van der Waals surface area contributed by atoms with E-state index in [0.29, 0.717) is 12.1 Å². The molecular formula is C18H21FN2O2. The van der Waals surface area contributed by atoms with Crippen LogP contribution < -0.4 is 4.90 Å². The van der Waals surface area contributed by atoms with Crippen LogP contribution in [0.4, 0.5) is 10.1 Å². The average Bonchev–Trinajstić information content (AvgIpc) is 2.89. The van der Waals surface area contributed by atoms with Crippen LogP contribution in [0.25, 0.3) is 10.9 Å². The van der Waals surface area contributed by atoms with Crippen LogP contribution in [-0.2, 0) is 9.47 Å². The fraction of sp³-hybridized carbons (Fsp3) is 0.500. The molecule has 0 aliphatic carbocycles. The Morgan fingerprint density at radius 3 is 2.78 bits per heavy atom. The average molecular weight is 316 g/mol. The van der Waals surface area contributed by atoms with Crippen molar-refractivity contribution in [2.24, 2.45) is 0 Å². The van der Waals surface area contributed by atoms with E-state index in [0.717, 1.165) is 42.7 Å². The molecule has 1 atom stereocenters. The second-order valence-corrected chi connectivity index (χ2v) is 6.56. The third-order valence-electron chi connectivity index (χ3n) is 4.76. The summed E-state index contributed by atoms with van der Waals surface area (Å²) >= 11 is 0. The molecule has 2 aromatic rings. The molecule has 1 aromatic heterocycles. The van der Waals surface area contributed by atoms with E-state index >= 15 is 0 Å². The lowest BCUT2D eigenvalue weighted by atomic mass is 10.0. The van der Waals surface area contributed by atoms with Crippen LogP contribution in [0.2, 0.25) is 0 Å². The Kier molecular flexibility index (Phi) is 3.50. The predicted molar refractivity (Wildman–Crippen MR) is 87.1 cm³/mol. The van der Waals surface area contributed by atoms with E-state index in [1.807, 2.05) is 26.0 Å². The lowest BCUT2D eigenvalue weighted by Gasteiger charge is -2.39. The zero-order chi connectivity index (χ0) is 16.0. The highest BCUT2D eigenvalue weighted by molar-refractivity contribution is 5.92. The van der Waals surface area contributed by atoms with Gasteiger partial charge < -0.3 is 14.4 Å². The molecule has 2 fully saturated rings. The Bertz CT molecular complexity index is 741. The third-order valence-corrected chi connectivity index (χ3v) is 4.76. The second-order valence-electron chi connectivity index (χ2n) is 6.56. The van der Waals surface area contributed by atoms with E-state index in [4.69, 9.17) is 9.47 Å². The quantitative estimate of drug-likeness (QED) is 0.807. The van der Waals surface area contributed by atoms with E-state index in [1.54, 1.807) is 6.07 Å². The van der Waals surface area contributed by atoms with Gasteiger partial charge in [0.1, 0.15) is 11.3 Å². The molecule has 0 saturated carbocycles. The van der Waals surface area contributed by atoms with Crippen LogP contribution in [0.3, 0.4) is 0 Å². The van der Waals surface area contributed by atoms with Gasteiger partial charge in [0.15, 0.2) is 5.79 Å². The molecule has 5 heteroatoms. The number of benzene rings is 1. The Morgan fingerprint density at radius 1 is 1.30 bits per heavy atom. The number of halogens is 1. The number of hydrogen-bond acceptors (Lipinski definition) is 4. The van der Waals surface area contributed by atoms with Gasteiger partial charge in [-0.2, -0.15) is 0 Å². The van der Waals surface area contributed by atoms with Crippen LogP contribution in [0.15, 0.2) is 24.3 Å². The molecule has 1 unspecified atom stereocenters. The van der Waals surface area contributed by atoms with Gasteiger partial charge in [0.2, 0.25) is 0 Å². The maximum Gasteiger partial charge on any atom is 0.172 e. The minimum atomic E-state index is -0.418. The molecule has 23 heavy (non-hydrogen) atoms. The van der Waals surface area contributed by atoms with Crippen molar-refractivity contribution in [1.29, 1.82) is 0 Å². The van der Waals surface area contributed by atoms with E-state index in [9.17, 15) is 4.39 Å². The Labute approximate surface area is 135 Å². The van der Waals surface area contributed by atoms with Gasteiger partial charge in [-0.15, -0.1) is 0 Å². The van der Waals surface area contributed by atoms with Gasteiger partial charge in [0.25, 0.3) is 0 Å². The number of piperidine rings is 1. The number of ether oxygens (including phenoxy) is 2. The smallest absolute Gasteiger partial charge is 0.172 e.